The van der Waals surface area contributed by atoms with E-state index in [1.807, 2.05) is 11.4 Å². The molecule has 0 bridgehead atoms. The Morgan fingerprint density at radius 3 is 2.81 bits per heavy atom. The van der Waals surface area contributed by atoms with Crippen molar-refractivity contribution in [3.8, 4) is 0 Å². The third kappa shape index (κ3) is 1.99. The Kier molecular flexibility index (Phi) is 3.04. The number of rotatable bonds is 4. The fraction of sp³-hybridized carbons (Fsp3) is 0.400. The van der Waals surface area contributed by atoms with Crippen LogP contribution in [0.3, 0.4) is 0 Å². The average molecular weight is 239 g/mol. The Hall–Kier alpha value is -1.24. The molecule has 0 radical (unpaired) electrons. The number of nitrogens with zero attached hydrogens (tertiary/aromatic N) is 2. The number of hydrogen-bond acceptors (Lipinski definition) is 6. The molecule has 0 fully saturated rings. The van der Waals surface area contributed by atoms with E-state index in [2.05, 4.69) is 15.3 Å². The zero-order valence-corrected chi connectivity index (χ0v) is 9.66. The van der Waals surface area contributed by atoms with Crippen LogP contribution in [0.15, 0.2) is 17.8 Å². The predicted octanol–water partition coefficient (Wildman–Crippen LogP) is 0.846. The van der Waals surface area contributed by atoms with Crippen LogP contribution < -0.4 is 5.32 Å². The lowest BCUT2D eigenvalue weighted by molar-refractivity contribution is 0.147. The largest absolute Gasteiger partial charge is 0.394 e. The third-order valence-corrected chi connectivity index (χ3v) is 3.27. The standard InChI is InChI=1S/C10H13N3O2S/c1-10(4-14,5-15)13-9-8-7(2-3-16-8)11-6-12-9/h2-3,6,14-15H,4-5H2,1H3,(H,11,12,13). The van der Waals surface area contributed by atoms with Crippen molar-refractivity contribution >= 4 is 27.4 Å². The van der Waals surface area contributed by atoms with Crippen molar-refractivity contribution in [2.75, 3.05) is 18.5 Å². The molecule has 0 aromatic carbocycles. The van der Waals surface area contributed by atoms with Crippen molar-refractivity contribution in [2.45, 2.75) is 12.5 Å². The molecule has 2 rings (SSSR count). The van der Waals surface area contributed by atoms with Gasteiger partial charge in [-0.3, -0.25) is 0 Å². The predicted molar refractivity (Wildman–Crippen MR) is 63.6 cm³/mol. The van der Waals surface area contributed by atoms with E-state index in [1.165, 1.54) is 17.7 Å². The molecular formula is C10H13N3O2S. The smallest absolute Gasteiger partial charge is 0.148 e. The normalized spacial score (nSPS) is 11.9. The van der Waals surface area contributed by atoms with E-state index < -0.39 is 5.54 Å². The highest BCUT2D eigenvalue weighted by molar-refractivity contribution is 7.17. The molecule has 0 saturated carbocycles. The number of hydrogen-bond donors (Lipinski definition) is 3. The van der Waals surface area contributed by atoms with Crippen LogP contribution >= 0.6 is 11.3 Å². The number of thiophene rings is 1. The molecule has 0 aliphatic rings. The lowest BCUT2D eigenvalue weighted by Crippen LogP contribution is -2.42. The maximum absolute atomic E-state index is 9.21. The fourth-order valence-corrected chi connectivity index (χ4v) is 2.08. The van der Waals surface area contributed by atoms with E-state index in [0.717, 1.165) is 10.2 Å². The highest BCUT2D eigenvalue weighted by atomic mass is 32.1. The summed E-state index contributed by atoms with van der Waals surface area (Å²) < 4.78 is 0.927. The molecular weight excluding hydrogens is 226 g/mol. The van der Waals surface area contributed by atoms with E-state index in [9.17, 15) is 10.2 Å². The van der Waals surface area contributed by atoms with E-state index in [4.69, 9.17) is 0 Å². The van der Waals surface area contributed by atoms with Crippen molar-refractivity contribution in [3.63, 3.8) is 0 Å². The van der Waals surface area contributed by atoms with Gasteiger partial charge in [0, 0.05) is 0 Å². The first kappa shape index (κ1) is 11.3. The minimum atomic E-state index is -0.773. The molecule has 0 atom stereocenters. The van der Waals surface area contributed by atoms with Crippen LogP contribution in [0.5, 0.6) is 0 Å². The average Bonchev–Trinajstić information content (AvgIpc) is 2.78. The van der Waals surface area contributed by atoms with Gasteiger partial charge in [-0.05, 0) is 18.4 Å². The highest BCUT2D eigenvalue weighted by Gasteiger charge is 2.23. The molecule has 86 valence electrons. The van der Waals surface area contributed by atoms with Crippen molar-refractivity contribution in [2.24, 2.45) is 0 Å². The van der Waals surface area contributed by atoms with Crippen LogP contribution in [0.1, 0.15) is 6.92 Å². The molecule has 2 aromatic heterocycles. The van der Waals surface area contributed by atoms with Gasteiger partial charge in [-0.1, -0.05) is 0 Å². The zero-order valence-electron chi connectivity index (χ0n) is 8.84. The minimum Gasteiger partial charge on any atom is -0.394 e. The molecule has 2 aromatic rings. The van der Waals surface area contributed by atoms with Gasteiger partial charge in [-0.2, -0.15) is 0 Å². The first-order valence-electron chi connectivity index (χ1n) is 4.87. The Morgan fingerprint density at radius 2 is 2.12 bits per heavy atom. The minimum absolute atomic E-state index is 0.166. The number of fused-ring (bicyclic) bond motifs is 1. The summed E-state index contributed by atoms with van der Waals surface area (Å²) in [5.41, 5.74) is 0.0892. The monoisotopic (exact) mass is 239 g/mol. The van der Waals surface area contributed by atoms with E-state index in [-0.39, 0.29) is 13.2 Å². The van der Waals surface area contributed by atoms with Crippen LogP contribution in [0.25, 0.3) is 10.2 Å². The molecule has 0 aliphatic heterocycles. The molecule has 0 unspecified atom stereocenters. The van der Waals surface area contributed by atoms with E-state index >= 15 is 0 Å². The Bertz CT molecular complexity index is 482. The summed E-state index contributed by atoms with van der Waals surface area (Å²) in [5, 5.41) is 23.4. The molecule has 0 aliphatic carbocycles. The van der Waals surface area contributed by atoms with Crippen molar-refractivity contribution in [1.29, 1.82) is 0 Å². The van der Waals surface area contributed by atoms with Gasteiger partial charge in [0.2, 0.25) is 0 Å². The Balaban J connectivity index is 2.37. The van der Waals surface area contributed by atoms with Crippen molar-refractivity contribution in [3.05, 3.63) is 17.8 Å². The Labute approximate surface area is 96.8 Å². The lowest BCUT2D eigenvalue weighted by Gasteiger charge is -2.26. The van der Waals surface area contributed by atoms with Crippen LogP contribution in [0.4, 0.5) is 5.82 Å². The topological polar surface area (TPSA) is 78.3 Å². The molecule has 3 N–H and O–H groups in total. The number of aliphatic hydroxyl groups excluding tert-OH is 2. The zero-order chi connectivity index (χ0) is 11.6. The molecule has 5 nitrogen and oxygen atoms in total. The summed E-state index contributed by atoms with van der Waals surface area (Å²) in [6.45, 7) is 1.40. The summed E-state index contributed by atoms with van der Waals surface area (Å²) in [6, 6.07) is 1.90. The highest BCUT2D eigenvalue weighted by Crippen LogP contribution is 2.26. The van der Waals surface area contributed by atoms with Crippen LogP contribution in [0, 0.1) is 0 Å². The second-order valence-corrected chi connectivity index (χ2v) is 4.78. The molecule has 6 heteroatoms. The summed E-state index contributed by atoms with van der Waals surface area (Å²) >= 11 is 1.52. The van der Waals surface area contributed by atoms with Gasteiger partial charge < -0.3 is 15.5 Å². The molecule has 0 amide bonds. The Morgan fingerprint density at radius 1 is 1.38 bits per heavy atom. The van der Waals surface area contributed by atoms with Crippen LogP contribution in [0.2, 0.25) is 0 Å². The second kappa shape index (κ2) is 4.32. The van der Waals surface area contributed by atoms with Gasteiger partial charge in [0.05, 0.1) is 29.0 Å². The molecule has 16 heavy (non-hydrogen) atoms. The van der Waals surface area contributed by atoms with Crippen molar-refractivity contribution in [1.82, 2.24) is 9.97 Å². The third-order valence-electron chi connectivity index (χ3n) is 2.36. The maximum Gasteiger partial charge on any atom is 0.148 e. The number of aromatic nitrogens is 2. The second-order valence-electron chi connectivity index (χ2n) is 3.86. The van der Waals surface area contributed by atoms with Gasteiger partial charge >= 0.3 is 0 Å². The fourth-order valence-electron chi connectivity index (χ4n) is 1.29. The van der Waals surface area contributed by atoms with E-state index in [1.54, 1.807) is 6.92 Å². The van der Waals surface area contributed by atoms with Gasteiger partial charge in [-0.25, -0.2) is 9.97 Å². The molecule has 0 saturated heterocycles. The summed E-state index contributed by atoms with van der Waals surface area (Å²) in [6.07, 6.45) is 1.46. The number of nitrogens with one attached hydrogen (secondary N) is 1. The van der Waals surface area contributed by atoms with Crippen LogP contribution in [-0.4, -0.2) is 38.9 Å². The summed E-state index contributed by atoms with van der Waals surface area (Å²) in [5.74, 6) is 0.644. The van der Waals surface area contributed by atoms with Gasteiger partial charge in [0.15, 0.2) is 0 Å². The van der Waals surface area contributed by atoms with Gasteiger partial charge in [0.25, 0.3) is 0 Å². The van der Waals surface area contributed by atoms with E-state index in [0.29, 0.717) is 5.82 Å². The van der Waals surface area contributed by atoms with Crippen molar-refractivity contribution < 1.29 is 10.2 Å². The summed E-state index contributed by atoms with van der Waals surface area (Å²) in [4.78, 5) is 8.24. The quantitative estimate of drug-likeness (QED) is 0.737. The van der Waals surface area contributed by atoms with Crippen LogP contribution in [-0.2, 0) is 0 Å². The number of aliphatic hydroxyl groups is 2. The van der Waals surface area contributed by atoms with Gasteiger partial charge in [0.1, 0.15) is 12.1 Å². The summed E-state index contributed by atoms with van der Waals surface area (Å²) in [7, 11) is 0. The lowest BCUT2D eigenvalue weighted by atomic mass is 10.1. The SMILES string of the molecule is CC(CO)(CO)Nc1ncnc2ccsc12. The first-order chi connectivity index (χ1) is 7.68. The van der Waals surface area contributed by atoms with Gasteiger partial charge in [-0.15, -0.1) is 11.3 Å². The number of anilines is 1. The maximum atomic E-state index is 9.21. The molecule has 2 heterocycles. The first-order valence-corrected chi connectivity index (χ1v) is 5.74. The molecule has 0 spiro atoms.